The zero-order chi connectivity index (χ0) is 20.2. The fourth-order valence-corrected chi connectivity index (χ4v) is 3.76. The number of amides is 1. The molecule has 0 saturated carbocycles. The van der Waals surface area contributed by atoms with E-state index in [0.29, 0.717) is 6.42 Å². The van der Waals surface area contributed by atoms with Gasteiger partial charge in [0, 0.05) is 43.3 Å². The van der Waals surface area contributed by atoms with Crippen molar-refractivity contribution >= 4 is 11.6 Å². The van der Waals surface area contributed by atoms with Crippen molar-refractivity contribution in [1.29, 1.82) is 0 Å². The van der Waals surface area contributed by atoms with Gasteiger partial charge in [0.25, 0.3) is 0 Å². The Labute approximate surface area is 171 Å². The summed E-state index contributed by atoms with van der Waals surface area (Å²) in [6, 6.07) is 10.3. The predicted molar refractivity (Wildman–Crippen MR) is 114 cm³/mol. The fraction of sp³-hybridized carbons (Fsp3) is 0.304. The van der Waals surface area contributed by atoms with Crippen LogP contribution in [0.25, 0.3) is 11.3 Å². The Hall–Kier alpha value is -3.28. The van der Waals surface area contributed by atoms with Crippen LogP contribution in [0.5, 0.6) is 0 Å². The van der Waals surface area contributed by atoms with Gasteiger partial charge in [-0.1, -0.05) is 24.3 Å². The largest absolute Gasteiger partial charge is 0.368 e. The van der Waals surface area contributed by atoms with Crippen molar-refractivity contribution in [3.63, 3.8) is 0 Å². The van der Waals surface area contributed by atoms with Crippen LogP contribution in [0.3, 0.4) is 0 Å². The van der Waals surface area contributed by atoms with E-state index in [-0.39, 0.29) is 11.9 Å². The van der Waals surface area contributed by atoms with Gasteiger partial charge in [0.05, 0.1) is 29.7 Å². The van der Waals surface area contributed by atoms with Crippen LogP contribution in [0.15, 0.2) is 55.1 Å². The number of anilines is 1. The molecule has 3 heterocycles. The van der Waals surface area contributed by atoms with E-state index in [1.807, 2.05) is 50.5 Å². The van der Waals surface area contributed by atoms with Gasteiger partial charge < -0.3 is 10.2 Å². The monoisotopic (exact) mass is 387 g/mol. The molecule has 6 nitrogen and oxygen atoms in total. The lowest BCUT2D eigenvalue weighted by Crippen LogP contribution is -2.38. The average molecular weight is 387 g/mol. The fourth-order valence-electron chi connectivity index (χ4n) is 3.76. The van der Waals surface area contributed by atoms with E-state index in [0.717, 1.165) is 53.3 Å². The van der Waals surface area contributed by atoms with E-state index in [1.165, 1.54) is 0 Å². The molecule has 0 unspecified atom stereocenters. The van der Waals surface area contributed by atoms with Crippen LogP contribution in [-0.4, -0.2) is 40.0 Å². The number of rotatable bonds is 5. The van der Waals surface area contributed by atoms with Crippen LogP contribution >= 0.6 is 0 Å². The number of carbonyl (C=O) groups is 1. The maximum absolute atomic E-state index is 12.5. The van der Waals surface area contributed by atoms with Gasteiger partial charge in [0.1, 0.15) is 0 Å². The van der Waals surface area contributed by atoms with Crippen molar-refractivity contribution in [1.82, 2.24) is 20.3 Å². The van der Waals surface area contributed by atoms with Gasteiger partial charge in [-0.15, -0.1) is 0 Å². The third-order valence-electron chi connectivity index (χ3n) is 5.25. The van der Waals surface area contributed by atoms with Gasteiger partial charge in [0.2, 0.25) is 5.91 Å². The van der Waals surface area contributed by atoms with Crippen LogP contribution in [0, 0.1) is 13.8 Å². The third kappa shape index (κ3) is 4.59. The topological polar surface area (TPSA) is 71.0 Å². The number of pyridine rings is 1. The molecule has 0 aliphatic carbocycles. The molecular formula is C23H25N5O. The summed E-state index contributed by atoms with van der Waals surface area (Å²) in [5.41, 5.74) is 6.04. The van der Waals surface area contributed by atoms with Crippen molar-refractivity contribution in [2.24, 2.45) is 0 Å². The van der Waals surface area contributed by atoms with Crippen LogP contribution < -0.4 is 10.2 Å². The first-order valence-corrected chi connectivity index (χ1v) is 9.91. The summed E-state index contributed by atoms with van der Waals surface area (Å²) >= 11 is 0. The summed E-state index contributed by atoms with van der Waals surface area (Å²) in [7, 11) is 0. The normalized spacial score (nSPS) is 16.1. The minimum absolute atomic E-state index is 0.0580. The number of nitrogens with one attached hydrogen (secondary N) is 1. The van der Waals surface area contributed by atoms with E-state index in [4.69, 9.17) is 0 Å². The molecular weight excluding hydrogens is 362 g/mol. The first kappa shape index (κ1) is 19.1. The molecule has 1 amide bonds. The molecule has 29 heavy (non-hydrogen) atoms. The Morgan fingerprint density at radius 1 is 1.14 bits per heavy atom. The molecule has 1 aromatic carbocycles. The zero-order valence-corrected chi connectivity index (χ0v) is 16.8. The molecule has 3 aromatic rings. The SMILES string of the molecule is Cc1cncc(N2CC[C@@H](NC(=O)Cc3ccc(-c4nccnc4C)cc3)C2)c1. The van der Waals surface area contributed by atoms with E-state index < -0.39 is 0 Å². The number of aryl methyl sites for hydroxylation is 2. The first-order valence-electron chi connectivity index (χ1n) is 9.91. The van der Waals surface area contributed by atoms with Crippen LogP contribution in [0.2, 0.25) is 0 Å². The highest BCUT2D eigenvalue weighted by Crippen LogP contribution is 2.21. The Bertz CT molecular complexity index is 1000. The van der Waals surface area contributed by atoms with Gasteiger partial charge in [-0.25, -0.2) is 0 Å². The van der Waals surface area contributed by atoms with Crippen molar-refractivity contribution in [3.8, 4) is 11.3 Å². The maximum Gasteiger partial charge on any atom is 0.224 e. The number of carbonyl (C=O) groups excluding carboxylic acids is 1. The highest BCUT2D eigenvalue weighted by Gasteiger charge is 2.24. The second kappa shape index (κ2) is 8.39. The van der Waals surface area contributed by atoms with Gasteiger partial charge in [-0.05, 0) is 37.5 Å². The lowest BCUT2D eigenvalue weighted by molar-refractivity contribution is -0.121. The van der Waals surface area contributed by atoms with Crippen LogP contribution in [0.1, 0.15) is 23.2 Å². The minimum Gasteiger partial charge on any atom is -0.368 e. The Balaban J connectivity index is 1.33. The number of hydrogen-bond donors (Lipinski definition) is 1. The smallest absolute Gasteiger partial charge is 0.224 e. The third-order valence-corrected chi connectivity index (χ3v) is 5.25. The average Bonchev–Trinajstić information content (AvgIpc) is 3.17. The second-order valence-corrected chi connectivity index (χ2v) is 7.58. The molecule has 0 spiro atoms. The van der Waals surface area contributed by atoms with E-state index >= 15 is 0 Å². The summed E-state index contributed by atoms with van der Waals surface area (Å²) in [6.45, 7) is 5.74. The summed E-state index contributed by atoms with van der Waals surface area (Å²) in [5, 5.41) is 3.17. The van der Waals surface area contributed by atoms with Crippen molar-refractivity contribution < 1.29 is 4.79 Å². The minimum atomic E-state index is 0.0580. The molecule has 0 radical (unpaired) electrons. The molecule has 2 aromatic heterocycles. The molecule has 1 N–H and O–H groups in total. The lowest BCUT2D eigenvalue weighted by Gasteiger charge is -2.19. The summed E-state index contributed by atoms with van der Waals surface area (Å²) in [6.07, 6.45) is 8.46. The molecule has 1 saturated heterocycles. The van der Waals surface area contributed by atoms with E-state index in [1.54, 1.807) is 12.4 Å². The molecule has 1 fully saturated rings. The van der Waals surface area contributed by atoms with Crippen LogP contribution in [-0.2, 0) is 11.2 Å². The highest BCUT2D eigenvalue weighted by atomic mass is 16.1. The van der Waals surface area contributed by atoms with Crippen molar-refractivity contribution in [3.05, 3.63) is 71.9 Å². The van der Waals surface area contributed by atoms with Gasteiger partial charge in [-0.2, -0.15) is 0 Å². The number of aromatic nitrogens is 3. The van der Waals surface area contributed by atoms with Crippen molar-refractivity contribution in [2.45, 2.75) is 32.7 Å². The first-order chi connectivity index (χ1) is 14.1. The van der Waals surface area contributed by atoms with E-state index in [9.17, 15) is 4.79 Å². The molecule has 0 bridgehead atoms. The van der Waals surface area contributed by atoms with Gasteiger partial charge in [-0.3, -0.25) is 19.7 Å². The molecule has 148 valence electrons. The van der Waals surface area contributed by atoms with E-state index in [2.05, 4.69) is 31.2 Å². The predicted octanol–water partition coefficient (Wildman–Crippen LogP) is 3.09. The molecule has 1 aliphatic heterocycles. The van der Waals surface area contributed by atoms with Crippen molar-refractivity contribution in [2.75, 3.05) is 18.0 Å². The summed E-state index contributed by atoms with van der Waals surface area (Å²) in [4.78, 5) is 27.7. The molecule has 6 heteroatoms. The lowest BCUT2D eigenvalue weighted by atomic mass is 10.1. The molecule has 1 atom stereocenters. The standard InChI is InChI=1S/C23H25N5O/c1-16-11-21(14-24-13-16)28-10-7-20(15-28)27-22(29)12-18-3-5-19(6-4-18)23-17(2)25-8-9-26-23/h3-6,8-9,11,13-14,20H,7,10,12,15H2,1-2H3,(H,27,29)/t20-/m1/s1. The van der Waals surface area contributed by atoms with Crippen LogP contribution in [0.4, 0.5) is 5.69 Å². The second-order valence-electron chi connectivity index (χ2n) is 7.58. The quantitative estimate of drug-likeness (QED) is 0.728. The number of benzene rings is 1. The molecule has 1 aliphatic rings. The summed E-state index contributed by atoms with van der Waals surface area (Å²) < 4.78 is 0. The van der Waals surface area contributed by atoms with Gasteiger partial charge >= 0.3 is 0 Å². The Morgan fingerprint density at radius 2 is 1.93 bits per heavy atom. The van der Waals surface area contributed by atoms with Gasteiger partial charge in [0.15, 0.2) is 0 Å². The summed E-state index contributed by atoms with van der Waals surface area (Å²) in [5.74, 6) is 0.0580. The number of nitrogens with zero attached hydrogens (tertiary/aromatic N) is 4. The Kier molecular flexibility index (Phi) is 5.51. The zero-order valence-electron chi connectivity index (χ0n) is 16.8. The highest BCUT2D eigenvalue weighted by molar-refractivity contribution is 5.79. The molecule has 4 rings (SSSR count). The Morgan fingerprint density at radius 3 is 2.69 bits per heavy atom. The maximum atomic E-state index is 12.5. The number of hydrogen-bond acceptors (Lipinski definition) is 5.